The Labute approximate surface area is 137 Å². The summed E-state index contributed by atoms with van der Waals surface area (Å²) in [6, 6.07) is 5.76. The van der Waals surface area contributed by atoms with Crippen LogP contribution >= 0.6 is 11.3 Å². The topological polar surface area (TPSA) is 64.2 Å². The van der Waals surface area contributed by atoms with Crippen molar-refractivity contribution in [2.45, 2.75) is 25.4 Å². The minimum atomic E-state index is 0.0509. The van der Waals surface area contributed by atoms with Gasteiger partial charge in [0, 0.05) is 18.9 Å². The minimum Gasteiger partial charge on any atom is -0.462 e. The molecule has 1 fully saturated rings. The summed E-state index contributed by atoms with van der Waals surface area (Å²) < 4.78 is 7.23. The zero-order chi connectivity index (χ0) is 15.6. The van der Waals surface area contributed by atoms with E-state index in [4.69, 9.17) is 4.42 Å². The first-order valence-corrected chi connectivity index (χ1v) is 8.41. The molecule has 0 spiro atoms. The van der Waals surface area contributed by atoms with Crippen LogP contribution in [0.4, 0.5) is 0 Å². The third-order valence-electron chi connectivity index (χ3n) is 4.04. The number of nitrogens with zero attached hydrogens (tertiary/aromatic N) is 4. The molecule has 4 heterocycles. The van der Waals surface area contributed by atoms with Gasteiger partial charge in [-0.15, -0.1) is 11.3 Å². The van der Waals surface area contributed by atoms with Gasteiger partial charge in [0.2, 0.25) is 0 Å². The van der Waals surface area contributed by atoms with Gasteiger partial charge in [-0.2, -0.15) is 5.10 Å². The van der Waals surface area contributed by atoms with Gasteiger partial charge >= 0.3 is 0 Å². The average Bonchev–Trinajstić information content (AvgIpc) is 3.33. The predicted octanol–water partition coefficient (Wildman–Crippen LogP) is 2.90. The first kappa shape index (κ1) is 14.2. The van der Waals surface area contributed by atoms with Crippen molar-refractivity contribution < 1.29 is 9.21 Å². The van der Waals surface area contributed by atoms with Crippen molar-refractivity contribution in [2.75, 3.05) is 6.54 Å². The van der Waals surface area contributed by atoms with Gasteiger partial charge in [0.1, 0.15) is 4.88 Å². The van der Waals surface area contributed by atoms with E-state index in [0.717, 1.165) is 30.9 Å². The lowest BCUT2D eigenvalue weighted by atomic mass is 10.2. The number of amides is 1. The van der Waals surface area contributed by atoms with Gasteiger partial charge in [0.25, 0.3) is 5.91 Å². The number of furan rings is 1. The van der Waals surface area contributed by atoms with Gasteiger partial charge < -0.3 is 9.32 Å². The molecule has 0 unspecified atom stereocenters. The van der Waals surface area contributed by atoms with Crippen molar-refractivity contribution in [2.24, 2.45) is 0 Å². The van der Waals surface area contributed by atoms with E-state index < -0.39 is 0 Å². The fourth-order valence-corrected chi connectivity index (χ4v) is 3.79. The van der Waals surface area contributed by atoms with Crippen molar-refractivity contribution in [3.05, 3.63) is 47.9 Å². The number of rotatable bonds is 4. The van der Waals surface area contributed by atoms with Crippen LogP contribution in [0.1, 0.15) is 22.5 Å². The highest BCUT2D eigenvalue weighted by atomic mass is 32.1. The van der Waals surface area contributed by atoms with Gasteiger partial charge in [0.15, 0.2) is 10.8 Å². The smallest absolute Gasteiger partial charge is 0.265 e. The molecule has 0 saturated carbocycles. The van der Waals surface area contributed by atoms with E-state index in [9.17, 15) is 4.79 Å². The molecule has 118 valence electrons. The molecule has 1 saturated heterocycles. The summed E-state index contributed by atoms with van der Waals surface area (Å²) in [7, 11) is 0. The fraction of sp³-hybridized carbons (Fsp3) is 0.312. The molecule has 0 radical (unpaired) electrons. The second kappa shape index (κ2) is 6.00. The highest BCUT2D eigenvalue weighted by Crippen LogP contribution is 2.28. The Bertz CT molecular complexity index is 779. The number of aromatic nitrogens is 3. The standard InChI is InChI=1S/C16H16N4O2S/c21-16(14-10-17-15(23-14)13-5-2-9-22-13)20-8-1-4-12(20)11-19-7-3-6-18-19/h2-3,5-7,9-10,12H,1,4,8,11H2/t12-/m0/s1. The second-order valence-electron chi connectivity index (χ2n) is 5.53. The fourth-order valence-electron chi connectivity index (χ4n) is 2.95. The predicted molar refractivity (Wildman–Crippen MR) is 86.1 cm³/mol. The average molecular weight is 328 g/mol. The summed E-state index contributed by atoms with van der Waals surface area (Å²) in [5.74, 6) is 0.749. The number of hydrogen-bond donors (Lipinski definition) is 0. The highest BCUT2D eigenvalue weighted by molar-refractivity contribution is 7.16. The molecule has 6 nitrogen and oxygen atoms in total. The molecule has 3 aromatic rings. The quantitative estimate of drug-likeness (QED) is 0.739. The number of hydrogen-bond acceptors (Lipinski definition) is 5. The molecule has 1 amide bonds. The van der Waals surface area contributed by atoms with Gasteiger partial charge in [-0.3, -0.25) is 9.48 Å². The summed E-state index contributed by atoms with van der Waals surface area (Å²) >= 11 is 1.38. The third kappa shape index (κ3) is 2.79. The molecule has 0 bridgehead atoms. The molecular weight excluding hydrogens is 312 g/mol. The van der Waals surface area contributed by atoms with Crippen LogP contribution in [0.2, 0.25) is 0 Å². The summed E-state index contributed by atoms with van der Waals surface area (Å²) in [6.45, 7) is 1.53. The van der Waals surface area contributed by atoms with Gasteiger partial charge in [-0.25, -0.2) is 4.98 Å². The van der Waals surface area contributed by atoms with Crippen LogP contribution in [0.3, 0.4) is 0 Å². The molecular formula is C16H16N4O2S. The molecule has 3 aromatic heterocycles. The van der Waals surface area contributed by atoms with Gasteiger partial charge in [0.05, 0.1) is 25.0 Å². The van der Waals surface area contributed by atoms with E-state index in [0.29, 0.717) is 10.6 Å². The molecule has 7 heteroatoms. The maximum Gasteiger partial charge on any atom is 0.265 e. The molecule has 1 aliphatic rings. The lowest BCUT2D eigenvalue weighted by molar-refractivity contribution is 0.0726. The molecule has 0 N–H and O–H groups in total. The van der Waals surface area contributed by atoms with Crippen LogP contribution in [0.5, 0.6) is 0 Å². The second-order valence-corrected chi connectivity index (χ2v) is 6.56. The first-order valence-electron chi connectivity index (χ1n) is 7.59. The highest BCUT2D eigenvalue weighted by Gasteiger charge is 2.31. The molecule has 1 aliphatic heterocycles. The van der Waals surface area contributed by atoms with Crippen molar-refractivity contribution in [3.63, 3.8) is 0 Å². The Kier molecular flexibility index (Phi) is 3.70. The van der Waals surface area contributed by atoms with E-state index in [-0.39, 0.29) is 11.9 Å². The minimum absolute atomic E-state index is 0.0509. The van der Waals surface area contributed by atoms with Crippen molar-refractivity contribution in [1.82, 2.24) is 19.7 Å². The van der Waals surface area contributed by atoms with Crippen LogP contribution in [0, 0.1) is 0 Å². The summed E-state index contributed by atoms with van der Waals surface area (Å²) in [4.78, 5) is 19.7. The Morgan fingerprint density at radius 2 is 2.39 bits per heavy atom. The van der Waals surface area contributed by atoms with Crippen LogP contribution < -0.4 is 0 Å². The van der Waals surface area contributed by atoms with Crippen molar-refractivity contribution >= 4 is 17.2 Å². The SMILES string of the molecule is O=C(c1cnc(-c2ccco2)s1)N1CCC[C@H]1Cn1cccn1. The van der Waals surface area contributed by atoms with Crippen LogP contribution in [0.15, 0.2) is 47.5 Å². The number of likely N-dealkylation sites (tertiary alicyclic amines) is 1. The van der Waals surface area contributed by atoms with E-state index in [1.807, 2.05) is 34.0 Å². The van der Waals surface area contributed by atoms with Crippen LogP contribution in [-0.4, -0.2) is 38.2 Å². The normalized spacial score (nSPS) is 17.7. The number of thiazole rings is 1. The summed E-state index contributed by atoms with van der Waals surface area (Å²) in [6.07, 6.45) is 8.99. The Morgan fingerprint density at radius 1 is 1.43 bits per heavy atom. The van der Waals surface area contributed by atoms with Crippen LogP contribution in [-0.2, 0) is 6.54 Å². The maximum absolute atomic E-state index is 12.8. The van der Waals surface area contributed by atoms with Crippen LogP contribution in [0.25, 0.3) is 10.8 Å². The number of carbonyl (C=O) groups excluding carboxylic acids is 1. The lowest BCUT2D eigenvalue weighted by Crippen LogP contribution is -2.37. The lowest BCUT2D eigenvalue weighted by Gasteiger charge is -2.24. The van der Waals surface area contributed by atoms with E-state index in [1.54, 1.807) is 18.7 Å². The van der Waals surface area contributed by atoms with E-state index in [2.05, 4.69) is 10.1 Å². The molecule has 4 rings (SSSR count). The zero-order valence-electron chi connectivity index (χ0n) is 12.5. The van der Waals surface area contributed by atoms with Crippen molar-refractivity contribution in [1.29, 1.82) is 0 Å². The molecule has 1 atom stereocenters. The van der Waals surface area contributed by atoms with E-state index >= 15 is 0 Å². The van der Waals surface area contributed by atoms with Gasteiger partial charge in [-0.05, 0) is 31.0 Å². The summed E-state index contributed by atoms with van der Waals surface area (Å²) in [5, 5.41) is 4.98. The Hall–Kier alpha value is -2.41. The largest absolute Gasteiger partial charge is 0.462 e. The Balaban J connectivity index is 1.51. The molecule has 0 aromatic carbocycles. The number of carbonyl (C=O) groups is 1. The molecule has 0 aliphatic carbocycles. The summed E-state index contributed by atoms with van der Waals surface area (Å²) in [5.41, 5.74) is 0. The van der Waals surface area contributed by atoms with Gasteiger partial charge in [-0.1, -0.05) is 0 Å². The maximum atomic E-state index is 12.8. The monoisotopic (exact) mass is 328 g/mol. The molecule has 23 heavy (non-hydrogen) atoms. The van der Waals surface area contributed by atoms with Crippen molar-refractivity contribution in [3.8, 4) is 10.8 Å². The zero-order valence-corrected chi connectivity index (χ0v) is 13.3. The Morgan fingerprint density at radius 3 is 3.17 bits per heavy atom. The van der Waals surface area contributed by atoms with E-state index in [1.165, 1.54) is 11.3 Å². The third-order valence-corrected chi connectivity index (χ3v) is 5.04. The first-order chi connectivity index (χ1) is 11.3.